The van der Waals surface area contributed by atoms with Crippen LogP contribution in [0.1, 0.15) is 24.0 Å². The summed E-state index contributed by atoms with van der Waals surface area (Å²) in [6.45, 7) is 5.36. The topological polar surface area (TPSA) is 80.1 Å². The first kappa shape index (κ1) is 22.1. The minimum atomic E-state index is -0.100. The van der Waals surface area contributed by atoms with Crippen LogP contribution in [-0.4, -0.2) is 50.1 Å². The van der Waals surface area contributed by atoms with Gasteiger partial charge in [-0.25, -0.2) is 9.97 Å². The second-order valence-corrected chi connectivity index (χ2v) is 8.89. The van der Waals surface area contributed by atoms with Crippen molar-refractivity contribution >= 4 is 29.4 Å². The molecule has 4 rings (SSSR count). The Morgan fingerprint density at radius 3 is 2.62 bits per heavy atom. The van der Waals surface area contributed by atoms with Gasteiger partial charge in [-0.3, -0.25) is 14.2 Å². The fourth-order valence-electron chi connectivity index (χ4n) is 3.85. The molecule has 1 fully saturated rings. The van der Waals surface area contributed by atoms with Crippen molar-refractivity contribution < 1.29 is 9.59 Å². The van der Waals surface area contributed by atoms with Crippen molar-refractivity contribution in [3.63, 3.8) is 0 Å². The smallest absolute Gasteiger partial charge is 0.233 e. The molecule has 3 aromatic rings. The lowest BCUT2D eigenvalue weighted by molar-refractivity contribution is -0.132. The molecule has 0 spiro atoms. The van der Waals surface area contributed by atoms with Gasteiger partial charge >= 0.3 is 0 Å². The van der Waals surface area contributed by atoms with E-state index in [0.717, 1.165) is 10.8 Å². The molecule has 0 aliphatic carbocycles. The summed E-state index contributed by atoms with van der Waals surface area (Å²) in [5.74, 6) is 0.839. The Morgan fingerprint density at radius 2 is 1.88 bits per heavy atom. The zero-order valence-electron chi connectivity index (χ0n) is 18.3. The number of imidazole rings is 1. The maximum Gasteiger partial charge on any atom is 0.233 e. The van der Waals surface area contributed by atoms with Gasteiger partial charge in [0.25, 0.3) is 0 Å². The highest BCUT2D eigenvalue weighted by Gasteiger charge is 2.27. The van der Waals surface area contributed by atoms with Crippen molar-refractivity contribution in [2.45, 2.75) is 31.8 Å². The highest BCUT2D eigenvalue weighted by atomic mass is 32.2. The molecule has 0 atom stereocenters. The number of aryl methyl sites for hydroxylation is 1. The molecule has 7 nitrogen and oxygen atoms in total. The molecule has 2 amide bonds. The lowest BCUT2D eigenvalue weighted by Gasteiger charge is -2.31. The number of pyridine rings is 1. The Balaban J connectivity index is 1.30. The van der Waals surface area contributed by atoms with Crippen LogP contribution in [-0.2, 0) is 9.59 Å². The number of rotatable bonds is 6. The number of carbonyl (C=O) groups is 2. The predicted octanol–water partition coefficient (Wildman–Crippen LogP) is 3.85. The van der Waals surface area contributed by atoms with Crippen molar-refractivity contribution in [2.24, 2.45) is 5.92 Å². The molecular formula is C24H27N5O2S. The van der Waals surface area contributed by atoms with Crippen LogP contribution in [0.2, 0.25) is 0 Å². The van der Waals surface area contributed by atoms with E-state index in [0.29, 0.717) is 37.5 Å². The molecule has 0 saturated carbocycles. The van der Waals surface area contributed by atoms with E-state index in [1.807, 2.05) is 33.9 Å². The monoisotopic (exact) mass is 449 g/mol. The highest BCUT2D eigenvalue weighted by Crippen LogP contribution is 2.25. The Kier molecular flexibility index (Phi) is 6.90. The molecule has 1 aliphatic rings. The van der Waals surface area contributed by atoms with Gasteiger partial charge in [0, 0.05) is 37.6 Å². The summed E-state index contributed by atoms with van der Waals surface area (Å²) in [6.07, 6.45) is 6.67. The molecule has 8 heteroatoms. The summed E-state index contributed by atoms with van der Waals surface area (Å²) < 4.78 is 2.04. The standard InChI is InChI=1S/C24H27N5O2S/c1-17-6-5-7-20(18(17)2)29-15-12-26-24(29)32-16-22(30)28-13-9-19(10-14-28)23(31)27-21-8-3-4-11-25-21/h3-8,11-12,15,19H,9-10,13-14,16H2,1-2H3,(H,25,27,31). The van der Waals surface area contributed by atoms with Crippen molar-refractivity contribution in [1.29, 1.82) is 0 Å². The summed E-state index contributed by atoms with van der Waals surface area (Å²) in [4.78, 5) is 35.7. The SMILES string of the molecule is Cc1cccc(-n2ccnc2SCC(=O)N2CCC(C(=O)Nc3ccccn3)CC2)c1C. The van der Waals surface area contributed by atoms with Crippen LogP contribution in [0.25, 0.3) is 5.69 Å². The van der Waals surface area contributed by atoms with Crippen LogP contribution in [0.15, 0.2) is 60.1 Å². The zero-order valence-corrected chi connectivity index (χ0v) is 19.1. The Hall–Kier alpha value is -3.13. The zero-order chi connectivity index (χ0) is 22.5. The number of hydrogen-bond acceptors (Lipinski definition) is 5. The van der Waals surface area contributed by atoms with Gasteiger partial charge < -0.3 is 10.2 Å². The van der Waals surface area contributed by atoms with Crippen LogP contribution in [0.5, 0.6) is 0 Å². The van der Waals surface area contributed by atoms with Gasteiger partial charge in [0.1, 0.15) is 5.82 Å². The van der Waals surface area contributed by atoms with Gasteiger partial charge in [-0.2, -0.15) is 0 Å². The number of nitrogens with one attached hydrogen (secondary N) is 1. The van der Waals surface area contributed by atoms with Crippen LogP contribution >= 0.6 is 11.8 Å². The van der Waals surface area contributed by atoms with Gasteiger partial charge in [-0.1, -0.05) is 30.0 Å². The lowest BCUT2D eigenvalue weighted by atomic mass is 9.96. The minimum absolute atomic E-state index is 0.0271. The molecule has 1 aliphatic heterocycles. The maximum atomic E-state index is 12.8. The third-order valence-electron chi connectivity index (χ3n) is 5.90. The minimum Gasteiger partial charge on any atom is -0.342 e. The van der Waals surface area contributed by atoms with Crippen molar-refractivity contribution in [2.75, 3.05) is 24.2 Å². The molecule has 0 radical (unpaired) electrons. The third-order valence-corrected chi connectivity index (χ3v) is 6.85. The van der Waals surface area contributed by atoms with E-state index in [9.17, 15) is 9.59 Å². The Morgan fingerprint density at radius 1 is 1.06 bits per heavy atom. The van der Waals surface area contributed by atoms with Gasteiger partial charge in [-0.05, 0) is 56.0 Å². The average molecular weight is 450 g/mol. The quantitative estimate of drug-likeness (QED) is 0.578. The number of aromatic nitrogens is 3. The van der Waals surface area contributed by atoms with Gasteiger partial charge in [0.05, 0.1) is 11.4 Å². The van der Waals surface area contributed by atoms with E-state index >= 15 is 0 Å². The van der Waals surface area contributed by atoms with Gasteiger partial charge in [0.2, 0.25) is 11.8 Å². The summed E-state index contributed by atoms with van der Waals surface area (Å²) >= 11 is 1.45. The van der Waals surface area contributed by atoms with E-state index in [-0.39, 0.29) is 17.7 Å². The highest BCUT2D eigenvalue weighted by molar-refractivity contribution is 7.99. The normalized spacial score (nSPS) is 14.4. The second kappa shape index (κ2) is 9.99. The number of thioether (sulfide) groups is 1. The summed E-state index contributed by atoms with van der Waals surface area (Å²) in [6, 6.07) is 11.6. The molecule has 1 N–H and O–H groups in total. The molecule has 2 aromatic heterocycles. The predicted molar refractivity (Wildman–Crippen MR) is 126 cm³/mol. The van der Waals surface area contributed by atoms with Gasteiger partial charge in [0.15, 0.2) is 5.16 Å². The van der Waals surface area contributed by atoms with E-state index < -0.39 is 0 Å². The first-order valence-corrected chi connectivity index (χ1v) is 11.7. The fraction of sp³-hybridized carbons (Fsp3) is 0.333. The number of benzene rings is 1. The first-order valence-electron chi connectivity index (χ1n) is 10.8. The van der Waals surface area contributed by atoms with Crippen LogP contribution in [0, 0.1) is 19.8 Å². The number of nitrogens with zero attached hydrogens (tertiary/aromatic N) is 4. The Bertz CT molecular complexity index is 1090. The van der Waals surface area contributed by atoms with E-state index in [1.165, 1.54) is 22.9 Å². The van der Waals surface area contributed by atoms with E-state index in [2.05, 4.69) is 41.3 Å². The first-order chi connectivity index (χ1) is 15.5. The van der Waals surface area contributed by atoms with Crippen molar-refractivity contribution in [1.82, 2.24) is 19.4 Å². The molecule has 0 unspecified atom stereocenters. The average Bonchev–Trinajstić information content (AvgIpc) is 3.28. The third kappa shape index (κ3) is 5.02. The van der Waals surface area contributed by atoms with E-state index in [4.69, 9.17) is 0 Å². The molecule has 32 heavy (non-hydrogen) atoms. The van der Waals surface area contributed by atoms with Crippen LogP contribution in [0.4, 0.5) is 5.82 Å². The van der Waals surface area contributed by atoms with Crippen molar-refractivity contribution in [3.8, 4) is 5.69 Å². The summed E-state index contributed by atoms with van der Waals surface area (Å²) in [5.41, 5.74) is 3.50. The fourth-order valence-corrected chi connectivity index (χ4v) is 4.72. The number of carbonyl (C=O) groups excluding carboxylic acids is 2. The summed E-state index contributed by atoms with van der Waals surface area (Å²) in [5, 5.41) is 3.66. The number of piperidine rings is 1. The second-order valence-electron chi connectivity index (χ2n) is 7.95. The van der Waals surface area contributed by atoms with Crippen LogP contribution in [0.3, 0.4) is 0 Å². The number of amides is 2. The molecule has 1 saturated heterocycles. The largest absolute Gasteiger partial charge is 0.342 e. The Labute approximate surface area is 192 Å². The summed E-state index contributed by atoms with van der Waals surface area (Å²) in [7, 11) is 0. The molecule has 1 aromatic carbocycles. The van der Waals surface area contributed by atoms with Crippen LogP contribution < -0.4 is 5.32 Å². The van der Waals surface area contributed by atoms with E-state index in [1.54, 1.807) is 18.5 Å². The number of likely N-dealkylation sites (tertiary alicyclic amines) is 1. The number of hydrogen-bond donors (Lipinski definition) is 1. The molecule has 3 heterocycles. The molecular weight excluding hydrogens is 422 g/mol. The molecule has 0 bridgehead atoms. The van der Waals surface area contributed by atoms with Crippen molar-refractivity contribution in [3.05, 3.63) is 66.1 Å². The number of anilines is 1. The maximum absolute atomic E-state index is 12.8. The lowest BCUT2D eigenvalue weighted by Crippen LogP contribution is -2.42. The van der Waals surface area contributed by atoms with Gasteiger partial charge in [-0.15, -0.1) is 0 Å². The molecule has 166 valence electrons.